The first-order chi connectivity index (χ1) is 10.4. The molecule has 0 radical (unpaired) electrons. The number of benzene rings is 1. The van der Waals surface area contributed by atoms with Crippen LogP contribution in [0.25, 0.3) is 0 Å². The first-order valence-corrected chi connectivity index (χ1v) is 7.58. The molecule has 0 aliphatic carbocycles. The van der Waals surface area contributed by atoms with Crippen LogP contribution >= 0.6 is 28.1 Å². The molecule has 0 unspecified atom stereocenters. The number of amides is 1. The number of halogens is 1. The van der Waals surface area contributed by atoms with Gasteiger partial charge in [0.1, 0.15) is 11.5 Å². The standard InChI is InChI=1S/C14H16BrN3O3S/c1-6-11(13(16)19)12(18-14(22)17-6)7-4-8(15)10(21-3)5-9(7)20-2/h4-5,12H,1-3H3,(H2,16,19)(H2,17,18,22)/t12-/m1/s1. The normalized spacial score (nSPS) is 17.6. The van der Waals surface area contributed by atoms with Gasteiger partial charge in [0.15, 0.2) is 5.11 Å². The molecule has 0 saturated heterocycles. The number of ether oxygens (including phenoxy) is 2. The lowest BCUT2D eigenvalue weighted by Crippen LogP contribution is -2.46. The fourth-order valence-corrected chi connectivity index (χ4v) is 3.16. The highest BCUT2D eigenvalue weighted by Crippen LogP contribution is 2.39. The molecule has 1 heterocycles. The molecule has 0 bridgehead atoms. The fraction of sp³-hybridized carbons (Fsp3) is 0.286. The Hall–Kier alpha value is -1.80. The van der Waals surface area contributed by atoms with Crippen LogP contribution in [-0.4, -0.2) is 25.2 Å². The molecule has 2 rings (SSSR count). The molecule has 1 amide bonds. The van der Waals surface area contributed by atoms with Crippen molar-refractivity contribution in [2.24, 2.45) is 5.73 Å². The van der Waals surface area contributed by atoms with Crippen LogP contribution in [0.3, 0.4) is 0 Å². The van der Waals surface area contributed by atoms with Crippen LogP contribution < -0.4 is 25.8 Å². The number of allylic oxidation sites excluding steroid dienone is 1. The number of nitrogens with two attached hydrogens (primary N) is 1. The Balaban J connectivity index is 2.62. The van der Waals surface area contributed by atoms with Crippen molar-refractivity contribution in [2.45, 2.75) is 13.0 Å². The van der Waals surface area contributed by atoms with Gasteiger partial charge in [-0.15, -0.1) is 0 Å². The van der Waals surface area contributed by atoms with E-state index in [9.17, 15) is 4.79 Å². The van der Waals surface area contributed by atoms with E-state index in [1.807, 2.05) is 6.07 Å². The van der Waals surface area contributed by atoms with Crippen LogP contribution in [0.2, 0.25) is 0 Å². The Morgan fingerprint density at radius 2 is 1.95 bits per heavy atom. The maximum absolute atomic E-state index is 11.8. The third kappa shape index (κ3) is 3.02. The summed E-state index contributed by atoms with van der Waals surface area (Å²) in [7, 11) is 3.11. The number of methoxy groups -OCH3 is 2. The van der Waals surface area contributed by atoms with E-state index in [4.69, 9.17) is 27.4 Å². The fourth-order valence-electron chi connectivity index (χ4n) is 2.36. The van der Waals surface area contributed by atoms with E-state index in [1.165, 1.54) is 0 Å². The summed E-state index contributed by atoms with van der Waals surface area (Å²) >= 11 is 8.61. The second-order valence-electron chi connectivity index (χ2n) is 4.66. The van der Waals surface area contributed by atoms with Crippen LogP contribution in [0.4, 0.5) is 0 Å². The van der Waals surface area contributed by atoms with E-state index in [2.05, 4.69) is 26.6 Å². The van der Waals surface area contributed by atoms with E-state index >= 15 is 0 Å². The summed E-state index contributed by atoms with van der Waals surface area (Å²) in [5.41, 5.74) is 7.28. The molecule has 1 aromatic carbocycles. The van der Waals surface area contributed by atoms with E-state index < -0.39 is 11.9 Å². The van der Waals surface area contributed by atoms with Crippen molar-refractivity contribution in [3.63, 3.8) is 0 Å². The van der Waals surface area contributed by atoms with E-state index in [0.717, 1.165) is 10.0 Å². The van der Waals surface area contributed by atoms with Gasteiger partial charge in [-0.3, -0.25) is 4.79 Å². The number of carbonyl (C=O) groups excluding carboxylic acids is 1. The summed E-state index contributed by atoms with van der Waals surface area (Å²) < 4.78 is 11.4. The largest absolute Gasteiger partial charge is 0.496 e. The molecule has 1 aliphatic heterocycles. The van der Waals surface area contributed by atoms with Crippen molar-refractivity contribution >= 4 is 39.2 Å². The number of carbonyl (C=O) groups is 1. The highest BCUT2D eigenvalue weighted by atomic mass is 79.9. The van der Waals surface area contributed by atoms with Gasteiger partial charge in [-0.1, -0.05) is 0 Å². The average molecular weight is 386 g/mol. The second kappa shape index (κ2) is 6.53. The van der Waals surface area contributed by atoms with Crippen molar-refractivity contribution < 1.29 is 14.3 Å². The van der Waals surface area contributed by atoms with Crippen molar-refractivity contribution in [2.75, 3.05) is 14.2 Å². The average Bonchev–Trinajstić information content (AvgIpc) is 2.45. The molecule has 118 valence electrons. The SMILES string of the molecule is COc1cc(OC)c([C@H]2NC(=S)NC(C)=C2C(N)=O)cc1Br. The molecule has 1 aliphatic rings. The third-order valence-corrected chi connectivity index (χ3v) is 4.19. The zero-order chi connectivity index (χ0) is 16.4. The monoisotopic (exact) mass is 385 g/mol. The highest BCUT2D eigenvalue weighted by molar-refractivity contribution is 9.10. The Morgan fingerprint density at radius 1 is 1.32 bits per heavy atom. The van der Waals surface area contributed by atoms with E-state index in [1.54, 1.807) is 27.2 Å². The van der Waals surface area contributed by atoms with Gasteiger partial charge in [0, 0.05) is 17.3 Å². The van der Waals surface area contributed by atoms with Crippen molar-refractivity contribution in [1.82, 2.24) is 10.6 Å². The Kier molecular flexibility index (Phi) is 4.92. The molecule has 0 fully saturated rings. The molecule has 1 atom stereocenters. The number of rotatable bonds is 4. The second-order valence-corrected chi connectivity index (χ2v) is 5.93. The van der Waals surface area contributed by atoms with Gasteiger partial charge in [-0.25, -0.2) is 0 Å². The molecule has 0 spiro atoms. The van der Waals surface area contributed by atoms with Crippen molar-refractivity contribution in [1.29, 1.82) is 0 Å². The van der Waals surface area contributed by atoms with E-state index in [-0.39, 0.29) is 0 Å². The van der Waals surface area contributed by atoms with Gasteiger partial charge >= 0.3 is 0 Å². The topological polar surface area (TPSA) is 85.6 Å². The van der Waals surface area contributed by atoms with Gasteiger partial charge in [-0.05, 0) is 41.1 Å². The van der Waals surface area contributed by atoms with Gasteiger partial charge in [0.05, 0.1) is 30.3 Å². The van der Waals surface area contributed by atoms with Crippen LogP contribution in [0.1, 0.15) is 18.5 Å². The predicted octanol–water partition coefficient (Wildman–Crippen LogP) is 1.74. The number of nitrogens with one attached hydrogen (secondary N) is 2. The molecular weight excluding hydrogens is 370 g/mol. The first kappa shape index (κ1) is 16.6. The lowest BCUT2D eigenvalue weighted by molar-refractivity contribution is -0.115. The van der Waals surface area contributed by atoms with Crippen LogP contribution in [0.15, 0.2) is 27.9 Å². The molecule has 0 aromatic heterocycles. The highest BCUT2D eigenvalue weighted by Gasteiger charge is 2.31. The first-order valence-electron chi connectivity index (χ1n) is 6.38. The van der Waals surface area contributed by atoms with Crippen LogP contribution in [-0.2, 0) is 4.79 Å². The van der Waals surface area contributed by atoms with Gasteiger partial charge < -0.3 is 25.8 Å². The molecule has 22 heavy (non-hydrogen) atoms. The molecular formula is C14H16BrN3O3S. The maximum atomic E-state index is 11.8. The number of hydrogen-bond acceptors (Lipinski definition) is 4. The minimum Gasteiger partial charge on any atom is -0.496 e. The van der Waals surface area contributed by atoms with Gasteiger partial charge in [0.2, 0.25) is 5.91 Å². The van der Waals surface area contributed by atoms with Crippen LogP contribution in [0.5, 0.6) is 11.5 Å². The summed E-state index contributed by atoms with van der Waals surface area (Å²) in [5.74, 6) is 0.659. The summed E-state index contributed by atoms with van der Waals surface area (Å²) in [6.45, 7) is 1.76. The summed E-state index contributed by atoms with van der Waals surface area (Å²) in [4.78, 5) is 11.8. The predicted molar refractivity (Wildman–Crippen MR) is 90.8 cm³/mol. The molecule has 4 N–H and O–H groups in total. The molecule has 1 aromatic rings. The lowest BCUT2D eigenvalue weighted by atomic mass is 9.94. The molecule has 8 heteroatoms. The smallest absolute Gasteiger partial charge is 0.248 e. The summed E-state index contributed by atoms with van der Waals surface area (Å²) in [5, 5.41) is 6.38. The quantitative estimate of drug-likeness (QED) is 0.684. The molecule has 0 saturated carbocycles. The Morgan fingerprint density at radius 3 is 2.50 bits per heavy atom. The third-order valence-electron chi connectivity index (χ3n) is 3.35. The lowest BCUT2D eigenvalue weighted by Gasteiger charge is -2.30. The Labute approximate surface area is 142 Å². The number of thiocarbonyl (C=S) groups is 1. The van der Waals surface area contributed by atoms with Crippen molar-refractivity contribution in [3.05, 3.63) is 33.4 Å². The van der Waals surface area contributed by atoms with E-state index in [0.29, 0.717) is 27.9 Å². The number of hydrogen-bond donors (Lipinski definition) is 3. The minimum absolute atomic E-state index is 0.406. The summed E-state index contributed by atoms with van der Waals surface area (Å²) in [6, 6.07) is 3.06. The zero-order valence-electron chi connectivity index (χ0n) is 12.3. The maximum Gasteiger partial charge on any atom is 0.248 e. The van der Waals surface area contributed by atoms with Crippen LogP contribution in [0, 0.1) is 0 Å². The molecule has 6 nitrogen and oxygen atoms in total. The Bertz CT molecular complexity index is 676. The minimum atomic E-state index is -0.529. The zero-order valence-corrected chi connectivity index (χ0v) is 14.7. The van der Waals surface area contributed by atoms with Gasteiger partial charge in [0.25, 0.3) is 0 Å². The van der Waals surface area contributed by atoms with Gasteiger partial charge in [-0.2, -0.15) is 0 Å². The number of primary amides is 1. The summed E-state index contributed by atoms with van der Waals surface area (Å²) in [6.07, 6.45) is 0. The van der Waals surface area contributed by atoms with Crippen molar-refractivity contribution in [3.8, 4) is 11.5 Å².